The van der Waals surface area contributed by atoms with Crippen LogP contribution >= 0.6 is 0 Å². The summed E-state index contributed by atoms with van der Waals surface area (Å²) in [7, 11) is -0.998. The topological polar surface area (TPSA) is 26.0 Å². The van der Waals surface area contributed by atoms with Gasteiger partial charge in [0.25, 0.3) is 0 Å². The van der Waals surface area contributed by atoms with Crippen molar-refractivity contribution in [1.29, 1.82) is 0 Å². The number of hydrogen-bond donors (Lipinski definition) is 1. The monoisotopic (exact) mass is 257 g/mol. The maximum atomic E-state index is 5.89. The molecular weight excluding hydrogens is 222 g/mol. The van der Waals surface area contributed by atoms with E-state index in [9.17, 15) is 0 Å². The van der Waals surface area contributed by atoms with Crippen LogP contribution in [0.2, 0.25) is 25.2 Å². The zero-order chi connectivity index (χ0) is 13.1. The van der Waals surface area contributed by atoms with Crippen molar-refractivity contribution in [3.8, 4) is 0 Å². The van der Waals surface area contributed by atoms with Crippen LogP contribution in [0.3, 0.4) is 0 Å². The first kappa shape index (κ1) is 17.2. The van der Waals surface area contributed by atoms with E-state index in [1.807, 2.05) is 0 Å². The van der Waals surface area contributed by atoms with Gasteiger partial charge in [-0.25, -0.2) is 0 Å². The fourth-order valence-corrected chi connectivity index (χ4v) is 4.21. The molecule has 2 N–H and O–H groups in total. The van der Waals surface area contributed by atoms with Gasteiger partial charge in [0.2, 0.25) is 0 Å². The van der Waals surface area contributed by atoms with E-state index in [1.54, 1.807) is 0 Å². The molecule has 0 aliphatic carbocycles. The highest BCUT2D eigenvalue weighted by atomic mass is 28.3. The lowest BCUT2D eigenvalue weighted by Crippen LogP contribution is -2.33. The summed E-state index contributed by atoms with van der Waals surface area (Å²) >= 11 is 0. The molecule has 0 aromatic heterocycles. The molecule has 0 fully saturated rings. The largest absolute Gasteiger partial charge is 0.330 e. The highest BCUT2D eigenvalue weighted by Crippen LogP contribution is 2.26. The van der Waals surface area contributed by atoms with Gasteiger partial charge >= 0.3 is 0 Å². The second-order valence-corrected chi connectivity index (χ2v) is 12.1. The maximum absolute atomic E-state index is 5.89. The minimum absolute atomic E-state index is 0.836. The van der Waals surface area contributed by atoms with Gasteiger partial charge in [0.15, 0.2) is 0 Å². The van der Waals surface area contributed by atoms with Gasteiger partial charge in [0.1, 0.15) is 0 Å². The Morgan fingerprint density at radius 3 is 1.71 bits per heavy atom. The molecule has 0 aliphatic rings. The lowest BCUT2D eigenvalue weighted by atomic mass is 10.1. The number of unbranched alkanes of at least 4 members (excludes halogenated alkanes) is 7. The van der Waals surface area contributed by atoms with E-state index < -0.39 is 8.07 Å². The van der Waals surface area contributed by atoms with Crippen molar-refractivity contribution in [2.75, 3.05) is 6.54 Å². The van der Waals surface area contributed by atoms with E-state index in [4.69, 9.17) is 5.73 Å². The van der Waals surface area contributed by atoms with Crippen molar-refractivity contribution < 1.29 is 0 Å². The van der Waals surface area contributed by atoms with Gasteiger partial charge in [-0.1, -0.05) is 84.4 Å². The molecule has 0 spiro atoms. The zero-order valence-corrected chi connectivity index (χ0v) is 13.7. The Hall–Kier alpha value is 0.177. The summed E-state index contributed by atoms with van der Waals surface area (Å²) in [6.07, 6.45) is 12.7. The molecule has 1 nitrogen and oxygen atoms in total. The number of hydrogen-bond acceptors (Lipinski definition) is 1. The molecule has 0 bridgehead atoms. The predicted octanol–water partition coefficient (Wildman–Crippen LogP) is 5.18. The fraction of sp³-hybridized carbons (Fsp3) is 1.00. The van der Waals surface area contributed by atoms with Gasteiger partial charge in [-0.15, -0.1) is 0 Å². The Morgan fingerprint density at radius 2 is 1.29 bits per heavy atom. The smallest absolute Gasteiger partial charge is 0.0487 e. The van der Waals surface area contributed by atoms with E-state index in [0.717, 1.165) is 12.1 Å². The SMILES string of the molecule is CCCCCCCCCCC(CN)[Si](C)(C)C. The number of nitrogens with two attached hydrogens (primary N) is 1. The molecule has 0 amide bonds. The molecule has 0 heterocycles. The normalized spacial score (nSPS) is 13.9. The summed E-state index contributed by atoms with van der Waals surface area (Å²) in [6.45, 7) is 10.6. The maximum Gasteiger partial charge on any atom is 0.0487 e. The molecule has 0 aliphatic heterocycles. The minimum Gasteiger partial charge on any atom is -0.330 e. The summed E-state index contributed by atoms with van der Waals surface area (Å²) in [5.41, 5.74) is 6.73. The third-order valence-electron chi connectivity index (χ3n) is 3.92. The van der Waals surface area contributed by atoms with Crippen LogP contribution in [0, 0.1) is 0 Å². The molecule has 0 rings (SSSR count). The number of rotatable bonds is 11. The molecular formula is C15H35NSi. The van der Waals surface area contributed by atoms with E-state index >= 15 is 0 Å². The summed E-state index contributed by atoms with van der Waals surface area (Å²) in [6, 6.07) is 0. The predicted molar refractivity (Wildman–Crippen MR) is 83.4 cm³/mol. The Morgan fingerprint density at radius 1 is 0.824 bits per heavy atom. The van der Waals surface area contributed by atoms with Crippen molar-refractivity contribution in [2.45, 2.75) is 89.9 Å². The van der Waals surface area contributed by atoms with Gasteiger partial charge < -0.3 is 5.73 Å². The minimum atomic E-state index is -0.998. The van der Waals surface area contributed by atoms with Gasteiger partial charge in [0, 0.05) is 8.07 Å². The lowest BCUT2D eigenvalue weighted by Gasteiger charge is -2.27. The van der Waals surface area contributed by atoms with Crippen molar-refractivity contribution in [2.24, 2.45) is 5.73 Å². The van der Waals surface area contributed by atoms with Crippen molar-refractivity contribution in [3.63, 3.8) is 0 Å². The van der Waals surface area contributed by atoms with E-state index in [2.05, 4.69) is 26.6 Å². The molecule has 2 heteroatoms. The van der Waals surface area contributed by atoms with Crippen LogP contribution in [-0.2, 0) is 0 Å². The van der Waals surface area contributed by atoms with Crippen LogP contribution in [0.1, 0.15) is 64.7 Å². The Bertz CT molecular complexity index is 163. The van der Waals surface area contributed by atoms with Crippen LogP contribution in [0.5, 0.6) is 0 Å². The van der Waals surface area contributed by atoms with Crippen LogP contribution in [0.15, 0.2) is 0 Å². The quantitative estimate of drug-likeness (QED) is 0.400. The third kappa shape index (κ3) is 9.84. The Balaban J connectivity index is 3.38. The standard InChI is InChI=1S/C15H35NSi/c1-5-6-7-8-9-10-11-12-13-15(14-16)17(2,3)4/h15H,5-14,16H2,1-4H3. The Labute approximate surface area is 111 Å². The van der Waals surface area contributed by atoms with Crippen molar-refractivity contribution in [3.05, 3.63) is 0 Å². The molecule has 0 aromatic carbocycles. The Kier molecular flexibility index (Phi) is 10.2. The first-order valence-electron chi connectivity index (χ1n) is 7.72. The summed E-state index contributed by atoms with van der Waals surface area (Å²) < 4.78 is 0. The second-order valence-electron chi connectivity index (χ2n) is 6.56. The van der Waals surface area contributed by atoms with Gasteiger partial charge in [-0.2, -0.15) is 0 Å². The van der Waals surface area contributed by atoms with Crippen LogP contribution in [0.4, 0.5) is 0 Å². The zero-order valence-electron chi connectivity index (χ0n) is 12.7. The van der Waals surface area contributed by atoms with Gasteiger partial charge in [-0.3, -0.25) is 0 Å². The summed E-state index contributed by atoms with van der Waals surface area (Å²) in [5.74, 6) is 0. The molecule has 0 aromatic rings. The van der Waals surface area contributed by atoms with E-state index in [1.165, 1.54) is 57.8 Å². The molecule has 1 atom stereocenters. The summed E-state index contributed by atoms with van der Waals surface area (Å²) in [4.78, 5) is 0. The van der Waals surface area contributed by atoms with E-state index in [0.29, 0.717) is 0 Å². The average molecular weight is 258 g/mol. The molecule has 0 saturated carbocycles. The fourth-order valence-electron chi connectivity index (χ4n) is 2.43. The highest BCUT2D eigenvalue weighted by Gasteiger charge is 2.24. The van der Waals surface area contributed by atoms with Crippen LogP contribution in [-0.4, -0.2) is 14.6 Å². The van der Waals surface area contributed by atoms with Gasteiger partial charge in [-0.05, 0) is 12.1 Å². The molecule has 17 heavy (non-hydrogen) atoms. The molecule has 104 valence electrons. The molecule has 0 saturated heterocycles. The summed E-state index contributed by atoms with van der Waals surface area (Å²) in [5, 5.41) is 0. The first-order chi connectivity index (χ1) is 8.02. The highest BCUT2D eigenvalue weighted by molar-refractivity contribution is 6.77. The van der Waals surface area contributed by atoms with Crippen molar-refractivity contribution in [1.82, 2.24) is 0 Å². The van der Waals surface area contributed by atoms with Crippen molar-refractivity contribution >= 4 is 8.07 Å². The molecule has 1 unspecified atom stereocenters. The van der Waals surface area contributed by atoms with Crippen LogP contribution in [0.25, 0.3) is 0 Å². The third-order valence-corrected chi connectivity index (χ3v) is 6.89. The van der Waals surface area contributed by atoms with Gasteiger partial charge in [0.05, 0.1) is 0 Å². The average Bonchev–Trinajstić information content (AvgIpc) is 2.25. The first-order valence-corrected chi connectivity index (χ1v) is 11.3. The lowest BCUT2D eigenvalue weighted by molar-refractivity contribution is 0.554. The van der Waals surface area contributed by atoms with E-state index in [-0.39, 0.29) is 0 Å². The molecule has 0 radical (unpaired) electrons. The van der Waals surface area contributed by atoms with Crippen LogP contribution < -0.4 is 5.73 Å². The second kappa shape index (κ2) is 10.1.